The lowest BCUT2D eigenvalue weighted by Gasteiger charge is -2.16. The molecule has 0 radical (unpaired) electrons. The van der Waals surface area contributed by atoms with Crippen LogP contribution in [0.1, 0.15) is 6.42 Å². The van der Waals surface area contributed by atoms with E-state index >= 15 is 0 Å². The fourth-order valence-corrected chi connectivity index (χ4v) is 4.04. The highest BCUT2D eigenvalue weighted by Crippen LogP contribution is 2.36. The Bertz CT molecular complexity index is 924. The zero-order valence-electron chi connectivity index (χ0n) is 14.3. The molecular weight excluding hydrogens is 348 g/mol. The van der Waals surface area contributed by atoms with Crippen LogP contribution < -0.4 is 4.74 Å². The van der Waals surface area contributed by atoms with Gasteiger partial charge in [0.25, 0.3) is 0 Å². The second-order valence-corrected chi connectivity index (χ2v) is 7.03. The van der Waals surface area contributed by atoms with Gasteiger partial charge in [0.1, 0.15) is 11.0 Å². The second-order valence-electron chi connectivity index (χ2n) is 5.86. The lowest BCUT2D eigenvalue weighted by Crippen LogP contribution is -2.11. The molecule has 132 valence electrons. The number of benzene rings is 2. The summed E-state index contributed by atoms with van der Waals surface area (Å²) in [6, 6.07) is 17.9. The van der Waals surface area contributed by atoms with Gasteiger partial charge in [-0.3, -0.25) is 9.36 Å². The molecule has 1 aliphatic rings. The summed E-state index contributed by atoms with van der Waals surface area (Å²) >= 11 is 1.44. The van der Waals surface area contributed by atoms with Crippen LogP contribution in [-0.2, 0) is 9.53 Å². The Hall–Kier alpha value is -2.73. The summed E-state index contributed by atoms with van der Waals surface area (Å²) < 4.78 is 12.7. The molecular formula is C20H18N2O3S. The first-order valence-corrected chi connectivity index (χ1v) is 9.26. The van der Waals surface area contributed by atoms with Crippen LogP contribution in [0.4, 0.5) is 0 Å². The highest BCUT2D eigenvalue weighted by atomic mass is 32.2. The second kappa shape index (κ2) is 7.25. The summed E-state index contributed by atoms with van der Waals surface area (Å²) in [6.07, 6.45) is 2.54. The maximum atomic E-state index is 11.9. The molecule has 1 fully saturated rings. The highest BCUT2D eigenvalue weighted by molar-refractivity contribution is 8.00. The van der Waals surface area contributed by atoms with Gasteiger partial charge in [-0.25, -0.2) is 4.98 Å². The van der Waals surface area contributed by atoms with Crippen LogP contribution in [-0.4, -0.2) is 34.5 Å². The van der Waals surface area contributed by atoms with E-state index in [0.29, 0.717) is 13.0 Å². The van der Waals surface area contributed by atoms with Crippen LogP contribution in [0.5, 0.6) is 5.75 Å². The van der Waals surface area contributed by atoms with Crippen molar-refractivity contribution in [3.63, 3.8) is 0 Å². The number of imidazole rings is 1. The molecule has 1 atom stereocenters. The van der Waals surface area contributed by atoms with Gasteiger partial charge >= 0.3 is 5.97 Å². The Morgan fingerprint density at radius 3 is 2.65 bits per heavy atom. The van der Waals surface area contributed by atoms with Crippen molar-refractivity contribution >= 4 is 17.7 Å². The van der Waals surface area contributed by atoms with Crippen LogP contribution >= 0.6 is 11.8 Å². The fourth-order valence-electron chi connectivity index (χ4n) is 2.99. The Labute approximate surface area is 156 Å². The normalized spacial score (nSPS) is 16.5. The van der Waals surface area contributed by atoms with E-state index < -0.39 is 0 Å². The predicted molar refractivity (Wildman–Crippen MR) is 101 cm³/mol. The lowest BCUT2D eigenvalue weighted by molar-refractivity contribution is -0.137. The first kappa shape index (κ1) is 16.7. The summed E-state index contributed by atoms with van der Waals surface area (Å²) in [5.74, 6) is 0.573. The Morgan fingerprint density at radius 2 is 1.92 bits per heavy atom. The van der Waals surface area contributed by atoms with Gasteiger partial charge in [-0.1, -0.05) is 54.2 Å². The SMILES string of the molecule is COc1ccccc1-n1c(-c2ccccc2)cnc1S[C@@H]1CCOC1=O. The van der Waals surface area contributed by atoms with Crippen molar-refractivity contribution in [2.45, 2.75) is 16.8 Å². The van der Waals surface area contributed by atoms with Crippen molar-refractivity contribution in [2.75, 3.05) is 13.7 Å². The number of hydrogen-bond acceptors (Lipinski definition) is 5. The minimum absolute atomic E-state index is 0.175. The molecule has 2 aromatic carbocycles. The minimum Gasteiger partial charge on any atom is -0.495 e. The Kier molecular flexibility index (Phi) is 4.67. The predicted octanol–water partition coefficient (Wildman–Crippen LogP) is 3.96. The molecule has 3 aromatic rings. The van der Waals surface area contributed by atoms with Crippen LogP contribution in [0.25, 0.3) is 16.9 Å². The van der Waals surface area contributed by atoms with E-state index in [1.807, 2.05) is 65.4 Å². The van der Waals surface area contributed by atoms with Crippen molar-refractivity contribution in [1.82, 2.24) is 9.55 Å². The smallest absolute Gasteiger partial charge is 0.319 e. The summed E-state index contributed by atoms with van der Waals surface area (Å²) in [7, 11) is 1.65. The number of rotatable bonds is 5. The minimum atomic E-state index is -0.227. The van der Waals surface area contributed by atoms with E-state index in [2.05, 4.69) is 4.98 Å². The average Bonchev–Trinajstić information content (AvgIpc) is 3.29. The van der Waals surface area contributed by atoms with Gasteiger partial charge < -0.3 is 9.47 Å². The van der Waals surface area contributed by atoms with E-state index in [1.165, 1.54) is 11.8 Å². The summed E-state index contributed by atoms with van der Waals surface area (Å²) in [5.41, 5.74) is 2.89. The quantitative estimate of drug-likeness (QED) is 0.640. The van der Waals surface area contributed by atoms with E-state index in [4.69, 9.17) is 9.47 Å². The fraction of sp³-hybridized carbons (Fsp3) is 0.200. The molecule has 0 N–H and O–H groups in total. The summed E-state index contributed by atoms with van der Waals surface area (Å²) in [4.78, 5) is 16.5. The number of para-hydroxylation sites is 2. The highest BCUT2D eigenvalue weighted by Gasteiger charge is 2.30. The largest absolute Gasteiger partial charge is 0.495 e. The van der Waals surface area contributed by atoms with Crippen molar-refractivity contribution in [2.24, 2.45) is 0 Å². The van der Waals surface area contributed by atoms with Gasteiger partial charge in [0.05, 0.1) is 31.3 Å². The molecule has 2 heterocycles. The van der Waals surface area contributed by atoms with E-state index in [-0.39, 0.29) is 11.2 Å². The van der Waals surface area contributed by atoms with Crippen LogP contribution in [0.2, 0.25) is 0 Å². The first-order valence-electron chi connectivity index (χ1n) is 8.38. The molecule has 1 aliphatic heterocycles. The maximum Gasteiger partial charge on any atom is 0.319 e. The molecule has 0 saturated carbocycles. The molecule has 1 saturated heterocycles. The number of hydrogen-bond donors (Lipinski definition) is 0. The molecule has 26 heavy (non-hydrogen) atoms. The van der Waals surface area contributed by atoms with Crippen LogP contribution in [0.15, 0.2) is 66.0 Å². The number of nitrogens with zero attached hydrogens (tertiary/aromatic N) is 2. The number of thioether (sulfide) groups is 1. The molecule has 0 aliphatic carbocycles. The third-order valence-electron chi connectivity index (χ3n) is 4.26. The molecule has 0 spiro atoms. The maximum absolute atomic E-state index is 11.9. The van der Waals surface area contributed by atoms with E-state index in [1.54, 1.807) is 7.11 Å². The molecule has 0 bridgehead atoms. The number of esters is 1. The average molecular weight is 366 g/mol. The Balaban J connectivity index is 1.85. The van der Waals surface area contributed by atoms with Crippen molar-refractivity contribution in [1.29, 1.82) is 0 Å². The van der Waals surface area contributed by atoms with Gasteiger partial charge in [0.2, 0.25) is 0 Å². The molecule has 6 heteroatoms. The van der Waals surface area contributed by atoms with Crippen LogP contribution in [0.3, 0.4) is 0 Å². The third-order valence-corrected chi connectivity index (χ3v) is 5.47. The number of methoxy groups -OCH3 is 1. The van der Waals surface area contributed by atoms with Crippen molar-refractivity contribution in [3.05, 3.63) is 60.8 Å². The van der Waals surface area contributed by atoms with Gasteiger partial charge in [0, 0.05) is 12.0 Å². The first-order chi connectivity index (χ1) is 12.8. The number of carbonyl (C=O) groups excluding carboxylic acids is 1. The molecule has 0 amide bonds. The molecule has 4 rings (SSSR count). The monoisotopic (exact) mass is 366 g/mol. The van der Waals surface area contributed by atoms with Crippen molar-refractivity contribution < 1.29 is 14.3 Å². The number of carbonyl (C=O) groups is 1. The topological polar surface area (TPSA) is 53.4 Å². The third kappa shape index (κ3) is 3.08. The Morgan fingerprint density at radius 1 is 1.15 bits per heavy atom. The van der Waals surface area contributed by atoms with Gasteiger partial charge in [-0.2, -0.15) is 0 Å². The van der Waals surface area contributed by atoms with E-state index in [0.717, 1.165) is 27.9 Å². The summed E-state index contributed by atoms with van der Waals surface area (Å²) in [5, 5.41) is 0.520. The van der Waals surface area contributed by atoms with Gasteiger partial charge in [-0.05, 0) is 12.1 Å². The lowest BCUT2D eigenvalue weighted by atomic mass is 10.1. The zero-order valence-corrected chi connectivity index (χ0v) is 15.1. The van der Waals surface area contributed by atoms with Crippen molar-refractivity contribution in [3.8, 4) is 22.7 Å². The standard InChI is InChI=1S/C20H18N2O3S/c1-24-17-10-6-5-9-15(17)22-16(14-7-3-2-4-8-14)13-21-20(22)26-18-11-12-25-19(18)23/h2-10,13,18H,11-12H2,1H3/t18-/m1/s1. The zero-order chi connectivity index (χ0) is 17.9. The molecule has 1 aromatic heterocycles. The van der Waals surface area contributed by atoms with Gasteiger partial charge in [0.15, 0.2) is 5.16 Å². The number of ether oxygens (including phenoxy) is 2. The number of aromatic nitrogens is 2. The molecule has 0 unspecified atom stereocenters. The van der Waals surface area contributed by atoms with Crippen LogP contribution in [0, 0.1) is 0 Å². The van der Waals surface area contributed by atoms with Gasteiger partial charge in [-0.15, -0.1) is 0 Å². The number of cyclic esters (lactones) is 1. The summed E-state index contributed by atoms with van der Waals surface area (Å²) in [6.45, 7) is 0.470. The molecule has 5 nitrogen and oxygen atoms in total. The van der Waals surface area contributed by atoms with E-state index in [9.17, 15) is 4.79 Å².